The third kappa shape index (κ3) is 5.70. The normalized spacial score (nSPS) is 17.8. The molecule has 3 atom stereocenters. The van der Waals surface area contributed by atoms with Gasteiger partial charge in [-0.2, -0.15) is 0 Å². The summed E-state index contributed by atoms with van der Waals surface area (Å²) in [7, 11) is 0. The lowest BCUT2D eigenvalue weighted by atomic mass is 9.80. The third-order valence-corrected chi connectivity index (χ3v) is 7.43. The van der Waals surface area contributed by atoms with Gasteiger partial charge in [-0.3, -0.25) is 0 Å². The van der Waals surface area contributed by atoms with Gasteiger partial charge in [-0.05, 0) is 84.2 Å². The van der Waals surface area contributed by atoms with Gasteiger partial charge in [-0.15, -0.1) is 0 Å². The first-order valence-corrected chi connectivity index (χ1v) is 13.0. The largest absolute Gasteiger partial charge is 0.489 e. The van der Waals surface area contributed by atoms with Gasteiger partial charge in [-0.1, -0.05) is 91.0 Å². The molecule has 4 aromatic rings. The number of nitrogens with one attached hydrogen (secondary N) is 1. The van der Waals surface area contributed by atoms with E-state index in [-0.39, 0.29) is 5.92 Å². The van der Waals surface area contributed by atoms with Crippen LogP contribution in [-0.2, 0) is 13.0 Å². The molecule has 36 heavy (non-hydrogen) atoms. The Labute approximate surface area is 214 Å². The topological polar surface area (TPSA) is 41.5 Å². The van der Waals surface area contributed by atoms with Crippen LogP contribution in [0.25, 0.3) is 11.1 Å². The van der Waals surface area contributed by atoms with Gasteiger partial charge < -0.3 is 15.2 Å². The molecule has 1 aliphatic rings. The number of ether oxygens (including phenoxy) is 1. The Balaban J connectivity index is 1.18. The molecule has 0 saturated carbocycles. The van der Waals surface area contributed by atoms with Crippen molar-refractivity contribution in [2.45, 2.75) is 44.9 Å². The van der Waals surface area contributed by atoms with Gasteiger partial charge in [-0.25, -0.2) is 0 Å². The number of hydrogen-bond donors (Lipinski definition) is 2. The lowest BCUT2D eigenvalue weighted by Crippen LogP contribution is -2.26. The highest BCUT2D eigenvalue weighted by Crippen LogP contribution is 2.38. The van der Waals surface area contributed by atoms with Gasteiger partial charge in [0.05, 0.1) is 6.10 Å². The second kappa shape index (κ2) is 11.6. The molecule has 0 heterocycles. The Morgan fingerprint density at radius 2 is 1.61 bits per heavy atom. The summed E-state index contributed by atoms with van der Waals surface area (Å²) < 4.78 is 6.22. The van der Waals surface area contributed by atoms with Crippen molar-refractivity contribution in [1.82, 2.24) is 5.32 Å². The standard InChI is InChI=1S/C33H35NO2/c1-24(25-10-4-2-5-11-25)34-21-20-27-16-17-28-22-30(18-19-32(28)33(27)35)36-23-29-14-8-9-15-31(29)26-12-6-3-7-13-26/h2-15,18-19,22,24,27,33-35H,16-17,20-21,23H2,1H3/t24-,27?,33?/m1/s1. The van der Waals surface area contributed by atoms with Crippen molar-refractivity contribution in [2.75, 3.05) is 6.54 Å². The number of benzene rings is 4. The molecule has 0 radical (unpaired) electrons. The molecule has 0 bridgehead atoms. The van der Waals surface area contributed by atoms with E-state index >= 15 is 0 Å². The maximum absolute atomic E-state index is 11.1. The van der Waals surface area contributed by atoms with Crippen LogP contribution in [0.4, 0.5) is 0 Å². The van der Waals surface area contributed by atoms with Gasteiger partial charge in [0.25, 0.3) is 0 Å². The zero-order valence-corrected chi connectivity index (χ0v) is 20.9. The first-order chi connectivity index (χ1) is 17.7. The summed E-state index contributed by atoms with van der Waals surface area (Å²) in [6.07, 6.45) is 2.51. The van der Waals surface area contributed by atoms with Gasteiger partial charge >= 0.3 is 0 Å². The van der Waals surface area contributed by atoms with Gasteiger partial charge in [0.15, 0.2) is 0 Å². The predicted molar refractivity (Wildman–Crippen MR) is 147 cm³/mol. The summed E-state index contributed by atoms with van der Waals surface area (Å²) in [5, 5.41) is 14.7. The molecule has 0 saturated heterocycles. The number of rotatable bonds is 9. The molecule has 5 rings (SSSR count). The summed E-state index contributed by atoms with van der Waals surface area (Å²) >= 11 is 0. The average molecular weight is 478 g/mol. The molecule has 2 unspecified atom stereocenters. The zero-order valence-electron chi connectivity index (χ0n) is 20.9. The molecule has 4 aromatic carbocycles. The van der Waals surface area contributed by atoms with E-state index in [1.807, 2.05) is 18.2 Å². The van der Waals surface area contributed by atoms with Crippen molar-refractivity contribution in [3.8, 4) is 16.9 Å². The van der Waals surface area contributed by atoms with E-state index in [2.05, 4.69) is 97.2 Å². The van der Waals surface area contributed by atoms with E-state index in [4.69, 9.17) is 4.74 Å². The van der Waals surface area contributed by atoms with Crippen LogP contribution in [0.5, 0.6) is 5.75 Å². The maximum atomic E-state index is 11.1. The minimum absolute atomic E-state index is 0.275. The van der Waals surface area contributed by atoms with Crippen LogP contribution in [0.2, 0.25) is 0 Å². The number of aliphatic hydroxyl groups is 1. The van der Waals surface area contributed by atoms with Crippen LogP contribution in [0.15, 0.2) is 103 Å². The Morgan fingerprint density at radius 3 is 2.42 bits per heavy atom. The molecule has 0 amide bonds. The van der Waals surface area contributed by atoms with E-state index in [0.29, 0.717) is 12.6 Å². The predicted octanol–water partition coefficient (Wildman–Crippen LogP) is 7.27. The zero-order chi connectivity index (χ0) is 24.7. The minimum Gasteiger partial charge on any atom is -0.489 e. The van der Waals surface area contributed by atoms with E-state index in [1.54, 1.807) is 0 Å². The highest BCUT2D eigenvalue weighted by atomic mass is 16.5. The van der Waals surface area contributed by atoms with Crippen molar-refractivity contribution in [2.24, 2.45) is 5.92 Å². The average Bonchev–Trinajstić information content (AvgIpc) is 2.94. The van der Waals surface area contributed by atoms with Crippen LogP contribution in [0.3, 0.4) is 0 Å². The van der Waals surface area contributed by atoms with Crippen LogP contribution in [0.1, 0.15) is 54.2 Å². The molecular formula is C33H35NO2. The molecule has 3 heteroatoms. The summed E-state index contributed by atoms with van der Waals surface area (Å²) in [4.78, 5) is 0. The van der Waals surface area contributed by atoms with Gasteiger partial charge in [0.2, 0.25) is 0 Å². The minimum atomic E-state index is -0.421. The summed E-state index contributed by atoms with van der Waals surface area (Å²) in [5.41, 5.74) is 7.12. The SMILES string of the molecule is C[C@@H](NCCC1CCc2cc(OCc3ccccc3-c3ccccc3)ccc2C1O)c1ccccc1. The Hall–Kier alpha value is -3.40. The smallest absolute Gasteiger partial charge is 0.120 e. The first-order valence-electron chi connectivity index (χ1n) is 13.0. The maximum Gasteiger partial charge on any atom is 0.120 e. The molecule has 2 N–H and O–H groups in total. The summed E-state index contributed by atoms with van der Waals surface area (Å²) in [6.45, 7) is 3.61. The summed E-state index contributed by atoms with van der Waals surface area (Å²) in [5.74, 6) is 1.14. The Bertz CT molecular complexity index is 1260. The van der Waals surface area contributed by atoms with E-state index in [9.17, 15) is 5.11 Å². The Morgan fingerprint density at radius 1 is 0.889 bits per heavy atom. The molecule has 0 aliphatic heterocycles. The van der Waals surface area contributed by atoms with Crippen LogP contribution >= 0.6 is 0 Å². The van der Waals surface area contributed by atoms with E-state index in [0.717, 1.165) is 37.1 Å². The second-order valence-corrected chi connectivity index (χ2v) is 9.79. The number of aliphatic hydroxyl groups excluding tert-OH is 1. The quantitative estimate of drug-likeness (QED) is 0.266. The molecule has 0 fully saturated rings. The Kier molecular flexibility index (Phi) is 7.80. The molecule has 0 spiro atoms. The molecule has 3 nitrogen and oxygen atoms in total. The molecular weight excluding hydrogens is 442 g/mol. The first kappa shape index (κ1) is 24.3. The second-order valence-electron chi connectivity index (χ2n) is 9.79. The lowest BCUT2D eigenvalue weighted by molar-refractivity contribution is 0.0879. The monoisotopic (exact) mass is 477 g/mol. The van der Waals surface area contributed by atoms with Gasteiger partial charge in [0, 0.05) is 6.04 Å². The highest BCUT2D eigenvalue weighted by molar-refractivity contribution is 5.67. The van der Waals surface area contributed by atoms with Crippen molar-refractivity contribution >= 4 is 0 Å². The third-order valence-electron chi connectivity index (χ3n) is 7.43. The molecule has 1 aliphatic carbocycles. The van der Waals surface area contributed by atoms with Crippen molar-refractivity contribution < 1.29 is 9.84 Å². The fourth-order valence-electron chi connectivity index (χ4n) is 5.28. The lowest BCUT2D eigenvalue weighted by Gasteiger charge is -2.31. The van der Waals surface area contributed by atoms with Crippen LogP contribution < -0.4 is 10.1 Å². The number of hydrogen-bond acceptors (Lipinski definition) is 3. The summed E-state index contributed by atoms with van der Waals surface area (Å²) in [6, 6.07) is 35.8. The number of aryl methyl sites for hydroxylation is 1. The van der Waals surface area contributed by atoms with Crippen molar-refractivity contribution in [1.29, 1.82) is 0 Å². The number of fused-ring (bicyclic) bond motifs is 1. The fourth-order valence-corrected chi connectivity index (χ4v) is 5.28. The van der Waals surface area contributed by atoms with Gasteiger partial charge in [0.1, 0.15) is 12.4 Å². The molecule has 184 valence electrons. The van der Waals surface area contributed by atoms with Crippen LogP contribution in [0, 0.1) is 5.92 Å². The van der Waals surface area contributed by atoms with E-state index in [1.165, 1.54) is 27.8 Å². The highest BCUT2D eigenvalue weighted by Gasteiger charge is 2.28. The van der Waals surface area contributed by atoms with E-state index < -0.39 is 6.10 Å². The van der Waals surface area contributed by atoms with Crippen molar-refractivity contribution in [3.05, 3.63) is 125 Å². The molecule has 0 aromatic heterocycles. The van der Waals surface area contributed by atoms with Crippen LogP contribution in [-0.4, -0.2) is 11.7 Å². The van der Waals surface area contributed by atoms with Crippen molar-refractivity contribution in [3.63, 3.8) is 0 Å². The fraction of sp³-hybridized carbons (Fsp3) is 0.273.